The first kappa shape index (κ1) is 65.5. The second-order valence-electron chi connectivity index (χ2n) is 20.6. The van der Waals surface area contributed by atoms with Crippen LogP contribution in [0.5, 0.6) is 0 Å². The number of allylic oxidation sites excluding steroid dienone is 7. The molecule has 0 fully saturated rings. The van der Waals surface area contributed by atoms with Crippen LogP contribution in [0.25, 0.3) is 0 Å². The molecule has 0 aliphatic carbocycles. The van der Waals surface area contributed by atoms with Crippen LogP contribution in [0.4, 0.5) is 0 Å². The van der Waals surface area contributed by atoms with Crippen molar-refractivity contribution in [2.24, 2.45) is 0 Å². The molecule has 394 valence electrons. The molecule has 0 radical (unpaired) electrons. The van der Waals surface area contributed by atoms with Crippen molar-refractivity contribution in [2.45, 2.75) is 276 Å². The van der Waals surface area contributed by atoms with E-state index in [4.69, 9.17) is 9.05 Å². The second-order valence-corrected chi connectivity index (χ2v) is 22.0. The minimum Gasteiger partial charge on any atom is -0.756 e. The average Bonchev–Trinajstić information content (AvgIpc) is 3.29. The van der Waals surface area contributed by atoms with Gasteiger partial charge in [0.05, 0.1) is 39.9 Å². The Morgan fingerprint density at radius 1 is 0.522 bits per heavy atom. The van der Waals surface area contributed by atoms with Gasteiger partial charge in [-0.05, 0) is 64.2 Å². The maximum absolute atomic E-state index is 12.9. The van der Waals surface area contributed by atoms with E-state index in [1.807, 2.05) is 27.2 Å². The fourth-order valence-electron chi connectivity index (χ4n) is 8.31. The lowest BCUT2D eigenvalue weighted by Gasteiger charge is -2.29. The average molecular weight is 964 g/mol. The lowest BCUT2D eigenvalue weighted by atomic mass is 10.0. The monoisotopic (exact) mass is 963 g/mol. The van der Waals surface area contributed by atoms with E-state index in [0.29, 0.717) is 17.4 Å². The van der Waals surface area contributed by atoms with E-state index in [1.165, 1.54) is 193 Å². The highest BCUT2D eigenvalue weighted by molar-refractivity contribution is 7.45. The third-order valence-corrected chi connectivity index (χ3v) is 13.7. The van der Waals surface area contributed by atoms with Crippen LogP contribution in [0, 0.1) is 0 Å². The molecule has 0 bridgehead atoms. The van der Waals surface area contributed by atoms with Gasteiger partial charge in [0.1, 0.15) is 13.2 Å². The molecule has 3 unspecified atom stereocenters. The summed E-state index contributed by atoms with van der Waals surface area (Å²) in [6.07, 6.45) is 65.2. The Morgan fingerprint density at radius 2 is 0.881 bits per heavy atom. The topological polar surface area (TPSA) is 108 Å². The Hall–Kier alpha value is -1.54. The summed E-state index contributed by atoms with van der Waals surface area (Å²) in [6.45, 7) is 4.51. The van der Waals surface area contributed by atoms with Gasteiger partial charge in [-0.25, -0.2) is 0 Å². The van der Waals surface area contributed by atoms with Gasteiger partial charge in [-0.1, -0.05) is 242 Å². The lowest BCUT2D eigenvalue weighted by Crippen LogP contribution is -2.45. The smallest absolute Gasteiger partial charge is 0.268 e. The number of aliphatic hydroxyl groups excluding tert-OH is 1. The molecule has 9 heteroatoms. The summed E-state index contributed by atoms with van der Waals surface area (Å²) >= 11 is 0. The first-order valence-corrected chi connectivity index (χ1v) is 30.0. The van der Waals surface area contributed by atoms with Gasteiger partial charge in [0.15, 0.2) is 0 Å². The molecule has 0 rings (SSSR count). The maximum Gasteiger partial charge on any atom is 0.268 e. The van der Waals surface area contributed by atoms with Gasteiger partial charge in [0.2, 0.25) is 5.91 Å². The first-order valence-electron chi connectivity index (χ1n) is 28.5. The van der Waals surface area contributed by atoms with Crippen molar-refractivity contribution in [3.05, 3.63) is 48.6 Å². The zero-order chi connectivity index (χ0) is 49.2. The first-order chi connectivity index (χ1) is 32.5. The van der Waals surface area contributed by atoms with E-state index in [9.17, 15) is 19.4 Å². The van der Waals surface area contributed by atoms with E-state index in [-0.39, 0.29) is 12.5 Å². The van der Waals surface area contributed by atoms with Crippen LogP contribution in [0.1, 0.15) is 264 Å². The molecule has 0 spiro atoms. The second kappa shape index (κ2) is 49.4. The number of aliphatic hydroxyl groups is 1. The van der Waals surface area contributed by atoms with Crippen LogP contribution in [-0.2, 0) is 18.4 Å². The maximum atomic E-state index is 12.9. The number of hydrogen-bond donors (Lipinski definition) is 2. The van der Waals surface area contributed by atoms with E-state index < -0.39 is 26.6 Å². The van der Waals surface area contributed by atoms with Crippen LogP contribution in [0.3, 0.4) is 0 Å². The van der Waals surface area contributed by atoms with Crippen LogP contribution in [-0.4, -0.2) is 68.5 Å². The van der Waals surface area contributed by atoms with E-state index in [0.717, 1.165) is 51.4 Å². The zero-order valence-corrected chi connectivity index (χ0v) is 45.7. The number of likely N-dealkylation sites (N-methyl/N-ethyl adjacent to an activating group) is 1. The summed E-state index contributed by atoms with van der Waals surface area (Å²) in [5.74, 6) is -0.212. The summed E-state index contributed by atoms with van der Waals surface area (Å²) in [7, 11) is 1.24. The Labute approximate surface area is 416 Å². The number of amides is 1. The molecule has 8 nitrogen and oxygen atoms in total. The molecule has 0 aromatic rings. The molecule has 0 saturated heterocycles. The minimum atomic E-state index is -4.60. The number of nitrogens with one attached hydrogen (secondary N) is 1. The van der Waals surface area contributed by atoms with Crippen LogP contribution >= 0.6 is 7.82 Å². The molecule has 0 aromatic heterocycles. The van der Waals surface area contributed by atoms with Gasteiger partial charge in [-0.2, -0.15) is 0 Å². The zero-order valence-electron chi connectivity index (χ0n) is 44.9. The highest BCUT2D eigenvalue weighted by Gasteiger charge is 2.23. The fourth-order valence-corrected chi connectivity index (χ4v) is 9.03. The number of hydrogen-bond acceptors (Lipinski definition) is 6. The quantitative estimate of drug-likeness (QED) is 0.0272. The normalized spacial score (nSPS) is 14.3. The molecular formula is C58H111N2O6P. The molecule has 2 N–H and O–H groups in total. The van der Waals surface area contributed by atoms with Crippen molar-refractivity contribution in [3.63, 3.8) is 0 Å². The third kappa shape index (κ3) is 52.1. The van der Waals surface area contributed by atoms with Gasteiger partial charge in [0.25, 0.3) is 7.82 Å². The van der Waals surface area contributed by atoms with Crippen LogP contribution in [0.15, 0.2) is 48.6 Å². The number of carbonyl (C=O) groups excluding carboxylic acids is 1. The molecule has 1 amide bonds. The van der Waals surface area contributed by atoms with Crippen LogP contribution in [0.2, 0.25) is 0 Å². The van der Waals surface area contributed by atoms with Crippen molar-refractivity contribution in [3.8, 4) is 0 Å². The third-order valence-electron chi connectivity index (χ3n) is 12.8. The molecule has 0 aliphatic heterocycles. The van der Waals surface area contributed by atoms with Crippen molar-refractivity contribution in [2.75, 3.05) is 40.9 Å². The summed E-state index contributed by atoms with van der Waals surface area (Å²) < 4.78 is 23.2. The number of carbonyl (C=O) groups is 1. The van der Waals surface area contributed by atoms with E-state index in [2.05, 4.69) is 55.6 Å². The van der Waals surface area contributed by atoms with Crippen molar-refractivity contribution >= 4 is 13.7 Å². The summed E-state index contributed by atoms with van der Waals surface area (Å²) in [5.41, 5.74) is 0. The van der Waals surface area contributed by atoms with Crippen molar-refractivity contribution in [1.82, 2.24) is 5.32 Å². The molecule has 0 aromatic carbocycles. The van der Waals surface area contributed by atoms with Gasteiger partial charge >= 0.3 is 0 Å². The van der Waals surface area contributed by atoms with E-state index in [1.54, 1.807) is 6.08 Å². The van der Waals surface area contributed by atoms with Gasteiger partial charge < -0.3 is 28.8 Å². The fraction of sp³-hybridized carbons (Fsp3) is 0.845. The standard InChI is InChI=1S/C58H111N2O6P/c1-6-8-10-12-14-16-18-19-20-21-22-23-24-25-26-27-28-29-30-31-32-33-34-35-36-37-38-39-40-41-42-44-46-48-50-52-58(62)59-56(55-66-67(63,64)65-54-53-60(3,4)5)57(61)51-49-47-45-43-17-15-13-11-9-7-2/h9,11,17,27-28,43,49,51,56-57,61H,6-8,10,12-16,18-26,29-42,44-48,50,52-55H2,1-5H3,(H-,59,62,63,64)/b11-9+,28-27-,43-17+,51-49+. The minimum absolute atomic E-state index is 0.00925. The Kier molecular flexibility index (Phi) is 48.3. The number of nitrogens with zero attached hydrogens (tertiary/aromatic N) is 1. The summed E-state index contributed by atoms with van der Waals surface area (Å²) in [5, 5.41) is 13.7. The Morgan fingerprint density at radius 3 is 1.28 bits per heavy atom. The van der Waals surface area contributed by atoms with Crippen molar-refractivity contribution < 1.29 is 32.9 Å². The number of phosphoric acid groups is 1. The highest BCUT2D eigenvalue weighted by Crippen LogP contribution is 2.38. The molecule has 67 heavy (non-hydrogen) atoms. The lowest BCUT2D eigenvalue weighted by molar-refractivity contribution is -0.870. The number of quaternary nitrogens is 1. The van der Waals surface area contributed by atoms with Gasteiger partial charge in [0, 0.05) is 6.42 Å². The molecule has 0 heterocycles. The van der Waals surface area contributed by atoms with Gasteiger partial charge in [-0.15, -0.1) is 0 Å². The molecule has 0 aliphatic rings. The Bertz CT molecular complexity index is 1230. The van der Waals surface area contributed by atoms with E-state index >= 15 is 0 Å². The predicted molar refractivity (Wildman–Crippen MR) is 288 cm³/mol. The van der Waals surface area contributed by atoms with Crippen LogP contribution < -0.4 is 10.2 Å². The predicted octanol–water partition coefficient (Wildman–Crippen LogP) is 16.5. The molecule has 3 atom stereocenters. The SMILES string of the molecule is CC/C=C/CC/C=C/CC/C=C/C(O)C(COP(=O)([O-])OCC[N+](C)(C)C)NC(=O)CCCCCCCCCCCCCCCCCCC/C=C\CCCCCCCCCCCCCCCC. The Balaban J connectivity index is 3.90. The summed E-state index contributed by atoms with van der Waals surface area (Å²) in [6, 6.07) is -0.907. The largest absolute Gasteiger partial charge is 0.756 e. The van der Waals surface area contributed by atoms with Gasteiger partial charge in [-0.3, -0.25) is 9.36 Å². The molecule has 0 saturated carbocycles. The highest BCUT2D eigenvalue weighted by atomic mass is 31.2. The molecular weight excluding hydrogens is 852 g/mol. The number of rotatable bonds is 52. The summed E-state index contributed by atoms with van der Waals surface area (Å²) in [4.78, 5) is 25.3. The number of unbranched alkanes of at least 4 members (excludes halogenated alkanes) is 33. The van der Waals surface area contributed by atoms with Crippen molar-refractivity contribution in [1.29, 1.82) is 0 Å². The number of phosphoric ester groups is 1.